The van der Waals surface area contributed by atoms with Gasteiger partial charge in [-0.3, -0.25) is 15.0 Å². The van der Waals surface area contributed by atoms with Gasteiger partial charge >= 0.3 is 0 Å². The molecule has 0 saturated carbocycles. The molecule has 6 heteroatoms. The number of benzene rings is 1. The average molecular weight is 237 g/mol. The molecule has 0 aliphatic carbocycles. The lowest BCUT2D eigenvalue weighted by Crippen LogP contribution is -2.22. The van der Waals surface area contributed by atoms with Crippen LogP contribution in [-0.4, -0.2) is 34.1 Å². The van der Waals surface area contributed by atoms with Gasteiger partial charge in [0, 0.05) is 37.5 Å². The molecule has 0 radical (unpaired) electrons. The van der Waals surface area contributed by atoms with Crippen molar-refractivity contribution in [1.82, 2.24) is 4.90 Å². The fourth-order valence-corrected chi connectivity index (χ4v) is 2.04. The summed E-state index contributed by atoms with van der Waals surface area (Å²) in [6, 6.07) is 4.46. The number of nitrogens with zero attached hydrogens (tertiary/aromatic N) is 2. The second kappa shape index (κ2) is 4.68. The second-order valence-corrected chi connectivity index (χ2v) is 4.32. The fourth-order valence-electron chi connectivity index (χ4n) is 2.04. The van der Waals surface area contributed by atoms with Gasteiger partial charge in [-0.1, -0.05) is 0 Å². The van der Waals surface area contributed by atoms with E-state index in [9.17, 15) is 15.2 Å². The van der Waals surface area contributed by atoms with E-state index in [0.717, 1.165) is 18.5 Å². The number of likely N-dealkylation sites (tertiary alicyclic amines) is 1. The number of nitrogens with two attached hydrogens (primary N) is 1. The summed E-state index contributed by atoms with van der Waals surface area (Å²) >= 11 is 0. The molecule has 6 nitrogen and oxygen atoms in total. The number of hydrogen-bond donors (Lipinski definition) is 2. The Bertz CT molecular complexity index is 436. The number of non-ortho nitro benzene ring substituents is 1. The normalized spacial score (nSPS) is 20.6. The maximum atomic E-state index is 10.7. The van der Waals surface area contributed by atoms with E-state index >= 15 is 0 Å². The summed E-state index contributed by atoms with van der Waals surface area (Å²) in [5.74, 6) is 0. The Morgan fingerprint density at radius 3 is 2.94 bits per heavy atom. The van der Waals surface area contributed by atoms with E-state index in [1.807, 2.05) is 4.90 Å². The van der Waals surface area contributed by atoms with Gasteiger partial charge in [0.15, 0.2) is 0 Å². The van der Waals surface area contributed by atoms with Gasteiger partial charge < -0.3 is 10.8 Å². The Balaban J connectivity index is 2.14. The first-order chi connectivity index (χ1) is 8.06. The van der Waals surface area contributed by atoms with Crippen LogP contribution in [0, 0.1) is 10.1 Å². The van der Waals surface area contributed by atoms with Crippen LogP contribution in [0.1, 0.15) is 12.0 Å². The van der Waals surface area contributed by atoms with Crippen molar-refractivity contribution in [2.45, 2.75) is 19.1 Å². The number of anilines is 1. The molecule has 92 valence electrons. The standard InChI is InChI=1S/C11H15N3O3/c12-11-2-1-9(14(16)17)5-8(11)6-13-4-3-10(15)7-13/h1-2,5,10,15H,3-4,6-7,12H2. The van der Waals surface area contributed by atoms with Gasteiger partial charge in [-0.05, 0) is 18.1 Å². The molecule has 1 aliphatic rings. The first-order valence-corrected chi connectivity index (χ1v) is 5.49. The molecule has 0 bridgehead atoms. The van der Waals surface area contributed by atoms with Crippen LogP contribution in [0.5, 0.6) is 0 Å². The van der Waals surface area contributed by atoms with Crippen LogP contribution in [-0.2, 0) is 6.54 Å². The van der Waals surface area contributed by atoms with Crippen LogP contribution in [0.3, 0.4) is 0 Å². The summed E-state index contributed by atoms with van der Waals surface area (Å²) in [6.45, 7) is 1.94. The highest BCUT2D eigenvalue weighted by molar-refractivity contribution is 5.52. The molecule has 1 unspecified atom stereocenters. The highest BCUT2D eigenvalue weighted by atomic mass is 16.6. The number of β-amino-alcohol motifs (C(OH)–C–C–N with tert-alkyl or cyclic N) is 1. The van der Waals surface area contributed by atoms with Crippen LogP contribution in [0.2, 0.25) is 0 Å². The zero-order valence-corrected chi connectivity index (χ0v) is 9.37. The van der Waals surface area contributed by atoms with Crippen molar-refractivity contribution in [2.75, 3.05) is 18.8 Å². The number of nitro groups is 1. The van der Waals surface area contributed by atoms with E-state index in [4.69, 9.17) is 5.73 Å². The molecular formula is C11H15N3O3. The second-order valence-electron chi connectivity index (χ2n) is 4.32. The lowest BCUT2D eigenvalue weighted by molar-refractivity contribution is -0.384. The maximum absolute atomic E-state index is 10.7. The summed E-state index contributed by atoms with van der Waals surface area (Å²) in [4.78, 5) is 12.3. The molecule has 1 atom stereocenters. The monoisotopic (exact) mass is 237 g/mol. The number of aliphatic hydroxyl groups is 1. The molecule has 0 aromatic heterocycles. The van der Waals surface area contributed by atoms with Crippen LogP contribution in [0.25, 0.3) is 0 Å². The van der Waals surface area contributed by atoms with E-state index in [1.165, 1.54) is 12.1 Å². The smallest absolute Gasteiger partial charge is 0.269 e. The Morgan fingerprint density at radius 2 is 2.35 bits per heavy atom. The Hall–Kier alpha value is -1.66. The molecule has 3 N–H and O–H groups in total. The first kappa shape index (κ1) is 11.8. The molecule has 0 amide bonds. The zero-order chi connectivity index (χ0) is 12.4. The van der Waals surface area contributed by atoms with Crippen molar-refractivity contribution in [1.29, 1.82) is 0 Å². The van der Waals surface area contributed by atoms with Gasteiger partial charge in [-0.2, -0.15) is 0 Å². The van der Waals surface area contributed by atoms with Gasteiger partial charge in [0.1, 0.15) is 0 Å². The molecule has 1 heterocycles. The molecule has 1 fully saturated rings. The summed E-state index contributed by atoms with van der Waals surface area (Å²) in [7, 11) is 0. The van der Waals surface area contributed by atoms with E-state index in [-0.39, 0.29) is 11.8 Å². The number of nitrogen functional groups attached to an aromatic ring is 1. The third-order valence-electron chi connectivity index (χ3n) is 2.98. The Labute approximate surface area is 98.8 Å². The van der Waals surface area contributed by atoms with Crippen LogP contribution in [0.15, 0.2) is 18.2 Å². The third-order valence-corrected chi connectivity index (χ3v) is 2.98. The molecule has 1 aromatic rings. The summed E-state index contributed by atoms with van der Waals surface area (Å²) in [5, 5.41) is 20.1. The van der Waals surface area contributed by atoms with E-state index in [1.54, 1.807) is 6.07 Å². The Morgan fingerprint density at radius 1 is 1.59 bits per heavy atom. The number of hydrogen-bond acceptors (Lipinski definition) is 5. The number of nitro benzene ring substituents is 1. The molecule has 17 heavy (non-hydrogen) atoms. The van der Waals surface area contributed by atoms with Gasteiger partial charge in [0.05, 0.1) is 11.0 Å². The maximum Gasteiger partial charge on any atom is 0.269 e. The molecule has 2 rings (SSSR count). The zero-order valence-electron chi connectivity index (χ0n) is 9.37. The predicted molar refractivity (Wildman–Crippen MR) is 63.4 cm³/mol. The first-order valence-electron chi connectivity index (χ1n) is 5.49. The topological polar surface area (TPSA) is 92.6 Å². The van der Waals surface area contributed by atoms with Crippen molar-refractivity contribution in [3.63, 3.8) is 0 Å². The fraction of sp³-hybridized carbons (Fsp3) is 0.455. The van der Waals surface area contributed by atoms with Gasteiger partial charge in [-0.25, -0.2) is 0 Å². The van der Waals surface area contributed by atoms with Crippen molar-refractivity contribution in [2.24, 2.45) is 0 Å². The van der Waals surface area contributed by atoms with Crippen LogP contribution >= 0.6 is 0 Å². The van der Waals surface area contributed by atoms with Crippen LogP contribution in [0.4, 0.5) is 11.4 Å². The van der Waals surface area contributed by atoms with Crippen molar-refractivity contribution >= 4 is 11.4 Å². The number of rotatable bonds is 3. The minimum atomic E-state index is -0.429. The lowest BCUT2D eigenvalue weighted by atomic mass is 10.1. The predicted octanol–water partition coefficient (Wildman–Crippen LogP) is 0.744. The van der Waals surface area contributed by atoms with Crippen molar-refractivity contribution in [3.05, 3.63) is 33.9 Å². The van der Waals surface area contributed by atoms with Gasteiger partial charge in [0.2, 0.25) is 0 Å². The quantitative estimate of drug-likeness (QED) is 0.459. The van der Waals surface area contributed by atoms with Crippen LogP contribution < -0.4 is 5.73 Å². The third kappa shape index (κ3) is 2.72. The van der Waals surface area contributed by atoms with Crippen molar-refractivity contribution < 1.29 is 10.0 Å². The molecule has 0 spiro atoms. The SMILES string of the molecule is Nc1ccc([N+](=O)[O-])cc1CN1CCC(O)C1. The molecular weight excluding hydrogens is 222 g/mol. The van der Waals surface area contributed by atoms with Gasteiger partial charge in [0.25, 0.3) is 5.69 Å². The number of aliphatic hydroxyl groups excluding tert-OH is 1. The Kier molecular flexibility index (Phi) is 3.26. The van der Waals surface area contributed by atoms with E-state index in [2.05, 4.69) is 0 Å². The molecule has 1 aromatic carbocycles. The summed E-state index contributed by atoms with van der Waals surface area (Å²) in [6.07, 6.45) is 0.449. The largest absolute Gasteiger partial charge is 0.398 e. The summed E-state index contributed by atoms with van der Waals surface area (Å²) in [5.41, 5.74) is 7.14. The molecule has 1 aliphatic heterocycles. The molecule has 1 saturated heterocycles. The van der Waals surface area contributed by atoms with Gasteiger partial charge in [-0.15, -0.1) is 0 Å². The highest BCUT2D eigenvalue weighted by Crippen LogP contribution is 2.22. The summed E-state index contributed by atoms with van der Waals surface area (Å²) < 4.78 is 0. The van der Waals surface area contributed by atoms with E-state index < -0.39 is 4.92 Å². The lowest BCUT2D eigenvalue weighted by Gasteiger charge is -2.16. The minimum absolute atomic E-state index is 0.0499. The highest BCUT2D eigenvalue weighted by Gasteiger charge is 2.21. The van der Waals surface area contributed by atoms with Crippen molar-refractivity contribution in [3.8, 4) is 0 Å². The minimum Gasteiger partial charge on any atom is -0.398 e. The van der Waals surface area contributed by atoms with E-state index in [0.29, 0.717) is 18.8 Å². The average Bonchev–Trinajstić information content (AvgIpc) is 2.67.